The maximum absolute atomic E-state index is 11.7. The second kappa shape index (κ2) is 9.88. The fourth-order valence-electron chi connectivity index (χ4n) is 2.69. The van der Waals surface area contributed by atoms with E-state index in [0.717, 1.165) is 22.5 Å². The van der Waals surface area contributed by atoms with Crippen molar-refractivity contribution in [1.82, 2.24) is 5.43 Å². The molecule has 7 nitrogen and oxygen atoms in total. The van der Waals surface area contributed by atoms with Crippen LogP contribution in [0.2, 0.25) is 0 Å². The smallest absolute Gasteiger partial charge is 0.265 e. The molecular weight excluding hydrogens is 364 g/mol. The van der Waals surface area contributed by atoms with Gasteiger partial charge in [-0.05, 0) is 74.4 Å². The number of nitrogen functional groups attached to an aromatic ring is 1. The number of hydrogen-bond acceptors (Lipinski definition) is 5. The molecular formula is C22H24N6O. The highest BCUT2D eigenvalue weighted by atomic mass is 16.2. The van der Waals surface area contributed by atoms with E-state index in [2.05, 4.69) is 33.7 Å². The zero-order chi connectivity index (χ0) is 21.4. The highest BCUT2D eigenvalue weighted by Gasteiger charge is 2.10. The molecule has 0 unspecified atom stereocenters. The molecule has 0 aliphatic carbocycles. The number of nitrogens with one attached hydrogen (secondary N) is 3. The molecule has 0 fully saturated rings. The van der Waals surface area contributed by atoms with E-state index in [1.54, 1.807) is 36.5 Å². The van der Waals surface area contributed by atoms with Gasteiger partial charge < -0.3 is 10.6 Å². The van der Waals surface area contributed by atoms with Gasteiger partial charge in [0, 0.05) is 28.8 Å². The summed E-state index contributed by atoms with van der Waals surface area (Å²) in [6.07, 6.45) is 3.39. The molecule has 0 saturated heterocycles. The van der Waals surface area contributed by atoms with Gasteiger partial charge in [-0.25, -0.2) is 10.8 Å². The summed E-state index contributed by atoms with van der Waals surface area (Å²) < 4.78 is 0. The predicted octanol–water partition coefficient (Wildman–Crippen LogP) is 3.75. The summed E-state index contributed by atoms with van der Waals surface area (Å²) in [6, 6.07) is 12.7. The topological polar surface area (TPSA) is 115 Å². The predicted molar refractivity (Wildman–Crippen MR) is 117 cm³/mol. The Balaban J connectivity index is 2.01. The molecule has 0 heterocycles. The van der Waals surface area contributed by atoms with Crippen LogP contribution in [0.5, 0.6) is 0 Å². The van der Waals surface area contributed by atoms with Crippen LogP contribution >= 0.6 is 0 Å². The third-order valence-corrected chi connectivity index (χ3v) is 4.09. The second-order valence-electron chi connectivity index (χ2n) is 6.45. The zero-order valence-electron chi connectivity index (χ0n) is 16.7. The Morgan fingerprint density at radius 2 is 1.79 bits per heavy atom. The van der Waals surface area contributed by atoms with Crippen LogP contribution in [0.15, 0.2) is 65.9 Å². The van der Waals surface area contributed by atoms with Crippen molar-refractivity contribution in [1.29, 1.82) is 5.26 Å². The number of rotatable bonds is 6. The number of amidine groups is 1. The Morgan fingerprint density at radius 1 is 1.17 bits per heavy atom. The van der Waals surface area contributed by atoms with Gasteiger partial charge in [-0.3, -0.25) is 10.2 Å². The standard InChI is InChI=1S/C22H24N6O/c1-14-11-19(22(29)28-24)12-15(2)21(14)26-16(3)9-10-25-17(4)27-20-7-5-18(13-23)6-8-20/h5-12,26H,3,24H2,1-2,4H3,(H,25,27)(H,28,29)/b10-9-. The molecule has 2 rings (SSSR count). The van der Waals surface area contributed by atoms with Crippen molar-refractivity contribution >= 4 is 23.1 Å². The molecule has 0 aliphatic rings. The third-order valence-electron chi connectivity index (χ3n) is 4.09. The van der Waals surface area contributed by atoms with Crippen LogP contribution < -0.4 is 21.9 Å². The lowest BCUT2D eigenvalue weighted by Crippen LogP contribution is -2.30. The minimum atomic E-state index is -0.332. The molecule has 1 amide bonds. The Morgan fingerprint density at radius 3 is 2.34 bits per heavy atom. The third kappa shape index (κ3) is 6.06. The first-order chi connectivity index (χ1) is 13.8. The van der Waals surface area contributed by atoms with Gasteiger partial charge in [0.15, 0.2) is 0 Å². The fraction of sp³-hybridized carbons (Fsp3) is 0.136. The van der Waals surface area contributed by atoms with E-state index in [0.29, 0.717) is 22.7 Å². The molecule has 0 bridgehead atoms. The van der Waals surface area contributed by atoms with Crippen molar-refractivity contribution in [3.8, 4) is 6.07 Å². The summed E-state index contributed by atoms with van der Waals surface area (Å²) in [5.41, 5.74) is 7.43. The number of allylic oxidation sites excluding steroid dienone is 1. The summed E-state index contributed by atoms with van der Waals surface area (Å²) in [7, 11) is 0. The molecule has 29 heavy (non-hydrogen) atoms. The van der Waals surface area contributed by atoms with Crippen LogP contribution in [0.4, 0.5) is 11.4 Å². The number of amides is 1. The van der Waals surface area contributed by atoms with Gasteiger partial charge in [0.2, 0.25) is 0 Å². The number of benzene rings is 2. The molecule has 7 heteroatoms. The van der Waals surface area contributed by atoms with Gasteiger partial charge in [0.25, 0.3) is 5.91 Å². The molecule has 2 aromatic carbocycles. The molecule has 2 aromatic rings. The number of nitrogens with two attached hydrogens (primary N) is 1. The van der Waals surface area contributed by atoms with Gasteiger partial charge in [-0.1, -0.05) is 6.58 Å². The lowest BCUT2D eigenvalue weighted by atomic mass is 10.0. The first kappa shape index (κ1) is 21.4. The average molecular weight is 388 g/mol. The minimum Gasteiger partial charge on any atom is -0.356 e. The molecule has 0 aromatic heterocycles. The number of carbonyl (C=O) groups excluding carboxylic acids is 1. The Hall–Kier alpha value is -3.89. The summed E-state index contributed by atoms with van der Waals surface area (Å²) in [4.78, 5) is 16.0. The van der Waals surface area contributed by atoms with E-state index in [1.807, 2.05) is 32.9 Å². The number of hydrazine groups is 1. The number of anilines is 2. The number of carbonyl (C=O) groups is 1. The van der Waals surface area contributed by atoms with E-state index in [1.165, 1.54) is 0 Å². The summed E-state index contributed by atoms with van der Waals surface area (Å²) in [5.74, 6) is 5.56. The van der Waals surface area contributed by atoms with Crippen molar-refractivity contribution < 1.29 is 4.79 Å². The Kier molecular flexibility index (Phi) is 7.29. The van der Waals surface area contributed by atoms with Crippen molar-refractivity contribution in [2.75, 3.05) is 10.6 Å². The molecule has 0 saturated carbocycles. The monoisotopic (exact) mass is 388 g/mol. The van der Waals surface area contributed by atoms with Crippen LogP contribution in [-0.2, 0) is 0 Å². The summed E-state index contributed by atoms with van der Waals surface area (Å²) in [5, 5.41) is 15.2. The van der Waals surface area contributed by atoms with Crippen molar-refractivity contribution in [3.63, 3.8) is 0 Å². The molecule has 0 aliphatic heterocycles. The largest absolute Gasteiger partial charge is 0.356 e. The van der Waals surface area contributed by atoms with Gasteiger partial charge >= 0.3 is 0 Å². The van der Waals surface area contributed by atoms with Gasteiger partial charge in [0.05, 0.1) is 11.6 Å². The van der Waals surface area contributed by atoms with Crippen molar-refractivity contribution in [3.05, 3.63) is 83.2 Å². The Labute approximate surface area is 170 Å². The number of nitriles is 1. The van der Waals surface area contributed by atoms with E-state index in [-0.39, 0.29) is 5.91 Å². The highest BCUT2D eigenvalue weighted by Crippen LogP contribution is 2.23. The first-order valence-corrected chi connectivity index (χ1v) is 8.90. The Bertz CT molecular complexity index is 990. The van der Waals surface area contributed by atoms with Crippen molar-refractivity contribution in [2.45, 2.75) is 20.8 Å². The molecule has 0 atom stereocenters. The molecule has 0 spiro atoms. The minimum absolute atomic E-state index is 0.332. The maximum atomic E-state index is 11.7. The number of nitrogens with zero attached hydrogens (tertiary/aromatic N) is 2. The van der Waals surface area contributed by atoms with Gasteiger partial charge in [0.1, 0.15) is 5.84 Å². The quantitative estimate of drug-likeness (QED) is 0.150. The van der Waals surface area contributed by atoms with Crippen LogP contribution in [-0.4, -0.2) is 11.7 Å². The van der Waals surface area contributed by atoms with E-state index in [9.17, 15) is 4.79 Å². The molecule has 0 radical (unpaired) electrons. The lowest BCUT2D eigenvalue weighted by molar-refractivity contribution is 0.0953. The molecule has 148 valence electrons. The SMILES string of the molecule is C=C(/C=C\N=C(/C)Nc1ccc(C#N)cc1)Nc1c(C)cc(C(=O)NN)cc1C. The first-order valence-electron chi connectivity index (χ1n) is 8.90. The summed E-state index contributed by atoms with van der Waals surface area (Å²) in [6.45, 7) is 9.64. The summed E-state index contributed by atoms with van der Waals surface area (Å²) >= 11 is 0. The maximum Gasteiger partial charge on any atom is 0.265 e. The zero-order valence-corrected chi connectivity index (χ0v) is 16.7. The van der Waals surface area contributed by atoms with E-state index in [4.69, 9.17) is 11.1 Å². The number of hydrogen-bond donors (Lipinski definition) is 4. The van der Waals surface area contributed by atoms with Crippen LogP contribution in [0.25, 0.3) is 0 Å². The van der Waals surface area contributed by atoms with E-state index < -0.39 is 0 Å². The van der Waals surface area contributed by atoms with E-state index >= 15 is 0 Å². The van der Waals surface area contributed by atoms with Crippen LogP contribution in [0.3, 0.4) is 0 Å². The van der Waals surface area contributed by atoms with Crippen LogP contribution in [0, 0.1) is 25.2 Å². The van der Waals surface area contributed by atoms with Crippen molar-refractivity contribution in [2.24, 2.45) is 10.8 Å². The van der Waals surface area contributed by atoms with Crippen LogP contribution in [0.1, 0.15) is 34.0 Å². The lowest BCUT2D eigenvalue weighted by Gasteiger charge is -2.14. The second-order valence-corrected chi connectivity index (χ2v) is 6.45. The highest BCUT2D eigenvalue weighted by molar-refractivity contribution is 5.95. The van der Waals surface area contributed by atoms with Gasteiger partial charge in [-0.2, -0.15) is 5.26 Å². The number of aryl methyl sites for hydroxylation is 2. The van der Waals surface area contributed by atoms with Gasteiger partial charge in [-0.15, -0.1) is 0 Å². The average Bonchev–Trinajstić information content (AvgIpc) is 2.70. The fourth-order valence-corrected chi connectivity index (χ4v) is 2.69. The number of aliphatic imine (C=N–C) groups is 1. The molecule has 5 N–H and O–H groups in total. The normalized spacial score (nSPS) is 11.1.